The van der Waals surface area contributed by atoms with E-state index in [9.17, 15) is 14.9 Å². The van der Waals surface area contributed by atoms with Gasteiger partial charge in [0.25, 0.3) is 11.6 Å². The molecular weight excluding hydrogens is 362 g/mol. The third kappa shape index (κ3) is 4.77. The van der Waals surface area contributed by atoms with Crippen LogP contribution in [0.2, 0.25) is 0 Å². The number of nitrogens with zero attached hydrogens (tertiary/aromatic N) is 2. The molecular formula is C20H23N3O5. The number of nitrogens with one attached hydrogen (secondary N) is 1. The Morgan fingerprint density at radius 3 is 2.71 bits per heavy atom. The minimum absolute atomic E-state index is 0.113. The number of rotatable bonds is 7. The van der Waals surface area contributed by atoms with Gasteiger partial charge in [0.05, 0.1) is 35.9 Å². The zero-order valence-electron chi connectivity index (χ0n) is 15.7. The Bertz CT molecular complexity index is 849. The van der Waals surface area contributed by atoms with Crippen LogP contribution < -0.4 is 15.0 Å². The van der Waals surface area contributed by atoms with E-state index in [1.807, 2.05) is 36.1 Å². The number of anilines is 1. The Labute approximate surface area is 163 Å². The first-order valence-corrected chi connectivity index (χ1v) is 9.14. The fraction of sp³-hybridized carbons (Fsp3) is 0.350. The first kappa shape index (κ1) is 19.6. The van der Waals surface area contributed by atoms with Gasteiger partial charge in [-0.1, -0.05) is 18.2 Å². The molecule has 0 spiro atoms. The van der Waals surface area contributed by atoms with Crippen molar-refractivity contribution in [1.82, 2.24) is 5.32 Å². The molecule has 2 aromatic carbocycles. The molecule has 1 aliphatic rings. The number of non-ortho nitro benzene ring substituents is 1. The van der Waals surface area contributed by atoms with Crippen LogP contribution in [0.25, 0.3) is 0 Å². The Morgan fingerprint density at radius 2 is 2.00 bits per heavy atom. The van der Waals surface area contributed by atoms with Crippen LogP contribution in [0.4, 0.5) is 11.4 Å². The second kappa shape index (κ2) is 9.18. The Hall–Kier alpha value is -3.13. The van der Waals surface area contributed by atoms with Crippen LogP contribution in [0.15, 0.2) is 42.5 Å². The van der Waals surface area contributed by atoms with E-state index in [1.54, 1.807) is 6.07 Å². The molecule has 3 rings (SSSR count). The largest absolute Gasteiger partial charge is 0.491 e. The molecule has 0 aliphatic carbocycles. The molecule has 0 radical (unpaired) electrons. The smallest absolute Gasteiger partial charge is 0.270 e. The summed E-state index contributed by atoms with van der Waals surface area (Å²) in [7, 11) is 0. The number of amides is 1. The maximum atomic E-state index is 12.7. The monoisotopic (exact) mass is 385 g/mol. The van der Waals surface area contributed by atoms with Crippen molar-refractivity contribution in [3.63, 3.8) is 0 Å². The molecule has 1 aliphatic heterocycles. The van der Waals surface area contributed by atoms with E-state index >= 15 is 0 Å². The summed E-state index contributed by atoms with van der Waals surface area (Å²) in [5.41, 5.74) is 1.86. The van der Waals surface area contributed by atoms with Gasteiger partial charge in [0, 0.05) is 25.2 Å². The fourth-order valence-electron chi connectivity index (χ4n) is 3.04. The molecule has 0 aromatic heterocycles. The van der Waals surface area contributed by atoms with Gasteiger partial charge in [-0.05, 0) is 24.6 Å². The molecule has 1 amide bonds. The van der Waals surface area contributed by atoms with Crippen molar-refractivity contribution in [3.05, 3.63) is 63.7 Å². The van der Waals surface area contributed by atoms with Crippen molar-refractivity contribution in [1.29, 1.82) is 0 Å². The number of morpholine rings is 1. The summed E-state index contributed by atoms with van der Waals surface area (Å²) in [5, 5.41) is 13.9. The van der Waals surface area contributed by atoms with Gasteiger partial charge >= 0.3 is 0 Å². The Balaban J connectivity index is 1.67. The first-order chi connectivity index (χ1) is 13.6. The van der Waals surface area contributed by atoms with Crippen LogP contribution in [0.5, 0.6) is 5.75 Å². The lowest BCUT2D eigenvalue weighted by Crippen LogP contribution is -2.38. The second-order valence-corrected chi connectivity index (χ2v) is 6.43. The van der Waals surface area contributed by atoms with E-state index in [0.29, 0.717) is 45.1 Å². The van der Waals surface area contributed by atoms with Gasteiger partial charge in [0.2, 0.25) is 0 Å². The van der Waals surface area contributed by atoms with Crippen molar-refractivity contribution in [2.45, 2.75) is 6.92 Å². The summed E-state index contributed by atoms with van der Waals surface area (Å²) in [6.45, 7) is 4.93. The number of para-hydroxylation sites is 1. The van der Waals surface area contributed by atoms with Crippen LogP contribution in [0.3, 0.4) is 0 Å². The van der Waals surface area contributed by atoms with Crippen molar-refractivity contribution < 1.29 is 19.2 Å². The van der Waals surface area contributed by atoms with Crippen LogP contribution in [0.1, 0.15) is 15.9 Å². The summed E-state index contributed by atoms with van der Waals surface area (Å²) in [6, 6.07) is 12.0. The van der Waals surface area contributed by atoms with E-state index < -0.39 is 4.92 Å². The van der Waals surface area contributed by atoms with Gasteiger partial charge in [-0.25, -0.2) is 0 Å². The van der Waals surface area contributed by atoms with Crippen molar-refractivity contribution in [2.75, 3.05) is 44.4 Å². The number of hydrogen-bond acceptors (Lipinski definition) is 6. The number of nitro groups is 1. The number of ether oxygens (including phenoxy) is 2. The third-order valence-corrected chi connectivity index (χ3v) is 4.53. The maximum absolute atomic E-state index is 12.7. The predicted octanol–water partition coefficient (Wildman–Crippen LogP) is 2.55. The van der Waals surface area contributed by atoms with Crippen LogP contribution >= 0.6 is 0 Å². The lowest BCUT2D eigenvalue weighted by atomic mass is 10.1. The zero-order valence-corrected chi connectivity index (χ0v) is 15.7. The van der Waals surface area contributed by atoms with Crippen molar-refractivity contribution in [2.24, 2.45) is 0 Å². The summed E-state index contributed by atoms with van der Waals surface area (Å²) < 4.78 is 11.0. The van der Waals surface area contributed by atoms with E-state index in [1.165, 1.54) is 12.1 Å². The molecule has 8 heteroatoms. The SMILES string of the molecule is Cc1ccccc1OCCNC(=O)c1cc([N+](=O)[O-])ccc1N1CCOCC1. The molecule has 148 valence electrons. The number of hydrogen-bond donors (Lipinski definition) is 1. The highest BCUT2D eigenvalue weighted by atomic mass is 16.6. The average molecular weight is 385 g/mol. The van der Waals surface area contributed by atoms with Crippen molar-refractivity contribution >= 4 is 17.3 Å². The number of aryl methyl sites for hydroxylation is 1. The highest BCUT2D eigenvalue weighted by molar-refractivity contribution is 6.00. The summed E-state index contributed by atoms with van der Waals surface area (Å²) >= 11 is 0. The summed E-state index contributed by atoms with van der Waals surface area (Å²) in [4.78, 5) is 25.4. The lowest BCUT2D eigenvalue weighted by Gasteiger charge is -2.30. The average Bonchev–Trinajstić information content (AvgIpc) is 2.72. The first-order valence-electron chi connectivity index (χ1n) is 9.14. The van der Waals surface area contributed by atoms with E-state index in [0.717, 1.165) is 11.3 Å². The van der Waals surface area contributed by atoms with E-state index in [2.05, 4.69) is 5.32 Å². The topological polar surface area (TPSA) is 93.9 Å². The molecule has 8 nitrogen and oxygen atoms in total. The molecule has 0 atom stereocenters. The van der Waals surface area contributed by atoms with Crippen LogP contribution in [-0.4, -0.2) is 50.3 Å². The van der Waals surface area contributed by atoms with Gasteiger partial charge < -0.3 is 19.7 Å². The minimum atomic E-state index is -0.499. The van der Waals surface area contributed by atoms with Gasteiger partial charge in [-0.2, -0.15) is 0 Å². The molecule has 0 saturated carbocycles. The predicted molar refractivity (Wildman–Crippen MR) is 105 cm³/mol. The molecule has 28 heavy (non-hydrogen) atoms. The fourth-order valence-corrected chi connectivity index (χ4v) is 3.04. The van der Waals surface area contributed by atoms with Crippen molar-refractivity contribution in [3.8, 4) is 5.75 Å². The summed E-state index contributed by atoms with van der Waals surface area (Å²) in [5.74, 6) is 0.402. The molecule has 2 aromatic rings. The van der Waals surface area contributed by atoms with Crippen LogP contribution in [0, 0.1) is 17.0 Å². The Kier molecular flexibility index (Phi) is 6.44. The quantitative estimate of drug-likeness (QED) is 0.447. The molecule has 1 heterocycles. The standard InChI is InChI=1S/C20H23N3O5/c1-15-4-2-3-5-19(15)28-11-8-21-20(24)17-14-16(23(25)26)6-7-18(17)22-9-12-27-13-10-22/h2-7,14H,8-13H2,1H3,(H,21,24). The molecule has 0 bridgehead atoms. The maximum Gasteiger partial charge on any atom is 0.270 e. The lowest BCUT2D eigenvalue weighted by molar-refractivity contribution is -0.384. The highest BCUT2D eigenvalue weighted by Crippen LogP contribution is 2.26. The molecule has 1 N–H and O–H groups in total. The molecule has 1 fully saturated rings. The van der Waals surface area contributed by atoms with Gasteiger partial charge in [0.15, 0.2) is 0 Å². The number of carbonyl (C=O) groups excluding carboxylic acids is 1. The van der Waals surface area contributed by atoms with E-state index in [4.69, 9.17) is 9.47 Å². The molecule has 0 unspecified atom stereocenters. The van der Waals surface area contributed by atoms with Gasteiger partial charge in [-0.15, -0.1) is 0 Å². The zero-order chi connectivity index (χ0) is 19.9. The van der Waals surface area contributed by atoms with E-state index in [-0.39, 0.29) is 17.2 Å². The normalized spacial score (nSPS) is 13.8. The Morgan fingerprint density at radius 1 is 1.25 bits per heavy atom. The van der Waals surface area contributed by atoms with Gasteiger partial charge in [0.1, 0.15) is 12.4 Å². The number of nitro benzene ring substituents is 1. The minimum Gasteiger partial charge on any atom is -0.491 e. The van der Waals surface area contributed by atoms with Gasteiger partial charge in [-0.3, -0.25) is 14.9 Å². The summed E-state index contributed by atoms with van der Waals surface area (Å²) in [6.07, 6.45) is 0. The second-order valence-electron chi connectivity index (χ2n) is 6.43. The number of benzene rings is 2. The highest BCUT2D eigenvalue weighted by Gasteiger charge is 2.21. The number of carbonyl (C=O) groups is 1. The molecule has 1 saturated heterocycles. The third-order valence-electron chi connectivity index (χ3n) is 4.53. The van der Waals surface area contributed by atoms with Crippen LogP contribution in [-0.2, 0) is 4.74 Å².